The number of rotatable bonds is 5. The summed E-state index contributed by atoms with van der Waals surface area (Å²) in [5.74, 6) is 0.831. The zero-order valence-corrected chi connectivity index (χ0v) is 12.8. The maximum atomic E-state index is 10.1. The third-order valence-corrected chi connectivity index (χ3v) is 4.83. The lowest BCUT2D eigenvalue weighted by Crippen LogP contribution is -2.14. The van der Waals surface area contributed by atoms with Gasteiger partial charge in [0.05, 0.1) is 16.1 Å². The molecule has 1 fully saturated rings. The van der Waals surface area contributed by atoms with Gasteiger partial charge in [0, 0.05) is 0 Å². The summed E-state index contributed by atoms with van der Waals surface area (Å²) in [6.07, 6.45) is 9.28. The summed E-state index contributed by atoms with van der Waals surface area (Å²) in [6, 6.07) is 5.60. The van der Waals surface area contributed by atoms with E-state index in [1.165, 1.54) is 32.1 Å². The van der Waals surface area contributed by atoms with E-state index in [9.17, 15) is 5.11 Å². The smallest absolute Gasteiger partial charge is 0.0595 e. The van der Waals surface area contributed by atoms with Crippen molar-refractivity contribution in [1.82, 2.24) is 0 Å². The quantitative estimate of drug-likeness (QED) is 0.786. The van der Waals surface area contributed by atoms with Gasteiger partial charge in [0.15, 0.2) is 0 Å². The molecule has 1 N–H and O–H groups in total. The standard InChI is InChI=1S/C16H22Cl2O/c17-15-9-7-13(11-16(15)18)10-14(19)8-6-12-4-2-1-3-5-12/h7,9,11-12,14,19H,1-6,8,10H2. The Kier molecular flexibility index (Phi) is 6.00. The van der Waals surface area contributed by atoms with Gasteiger partial charge in [-0.15, -0.1) is 0 Å². The van der Waals surface area contributed by atoms with E-state index in [0.717, 1.165) is 24.3 Å². The molecule has 0 aliphatic heterocycles. The van der Waals surface area contributed by atoms with E-state index in [4.69, 9.17) is 23.2 Å². The molecule has 1 aliphatic carbocycles. The van der Waals surface area contributed by atoms with Gasteiger partial charge < -0.3 is 5.11 Å². The molecule has 0 heterocycles. The van der Waals surface area contributed by atoms with Crippen LogP contribution in [0, 0.1) is 5.92 Å². The molecule has 1 nitrogen and oxygen atoms in total. The van der Waals surface area contributed by atoms with Gasteiger partial charge in [-0.3, -0.25) is 0 Å². The molecule has 0 bridgehead atoms. The van der Waals surface area contributed by atoms with Crippen molar-refractivity contribution in [3.8, 4) is 0 Å². The summed E-state index contributed by atoms with van der Waals surface area (Å²) in [4.78, 5) is 0. The normalized spacial score (nSPS) is 18.5. The highest BCUT2D eigenvalue weighted by atomic mass is 35.5. The number of hydrogen-bond donors (Lipinski definition) is 1. The second-order valence-corrected chi connectivity index (χ2v) is 6.50. The van der Waals surface area contributed by atoms with E-state index in [2.05, 4.69) is 0 Å². The average Bonchev–Trinajstić information content (AvgIpc) is 2.42. The Labute approximate surface area is 125 Å². The lowest BCUT2D eigenvalue weighted by atomic mass is 9.85. The van der Waals surface area contributed by atoms with E-state index < -0.39 is 0 Å². The van der Waals surface area contributed by atoms with Gasteiger partial charge in [-0.2, -0.15) is 0 Å². The monoisotopic (exact) mass is 300 g/mol. The van der Waals surface area contributed by atoms with Crippen LogP contribution >= 0.6 is 23.2 Å². The molecule has 1 aromatic carbocycles. The largest absolute Gasteiger partial charge is 0.393 e. The minimum Gasteiger partial charge on any atom is -0.393 e. The van der Waals surface area contributed by atoms with Crippen LogP contribution in [0.25, 0.3) is 0 Å². The van der Waals surface area contributed by atoms with Gasteiger partial charge in [-0.05, 0) is 42.9 Å². The van der Waals surface area contributed by atoms with Crippen molar-refractivity contribution in [2.75, 3.05) is 0 Å². The Morgan fingerprint density at radius 1 is 1.11 bits per heavy atom. The molecular weight excluding hydrogens is 279 g/mol. The number of aliphatic hydroxyl groups excluding tert-OH is 1. The zero-order valence-electron chi connectivity index (χ0n) is 11.2. The third kappa shape index (κ3) is 4.98. The van der Waals surface area contributed by atoms with Crippen molar-refractivity contribution in [2.45, 2.75) is 57.5 Å². The third-order valence-electron chi connectivity index (χ3n) is 4.09. The maximum Gasteiger partial charge on any atom is 0.0595 e. The van der Waals surface area contributed by atoms with E-state index >= 15 is 0 Å². The molecule has 1 aromatic rings. The Morgan fingerprint density at radius 3 is 2.53 bits per heavy atom. The van der Waals surface area contributed by atoms with Crippen LogP contribution in [0.1, 0.15) is 50.5 Å². The van der Waals surface area contributed by atoms with Gasteiger partial charge in [0.1, 0.15) is 0 Å². The predicted molar refractivity (Wildman–Crippen MR) is 82.0 cm³/mol. The molecule has 0 spiro atoms. The van der Waals surface area contributed by atoms with E-state index in [1.54, 1.807) is 6.07 Å². The average molecular weight is 301 g/mol. The highest BCUT2D eigenvalue weighted by Gasteiger charge is 2.15. The van der Waals surface area contributed by atoms with Crippen LogP contribution in [-0.4, -0.2) is 11.2 Å². The Hall–Kier alpha value is -0.240. The highest BCUT2D eigenvalue weighted by Crippen LogP contribution is 2.28. The number of aliphatic hydroxyl groups is 1. The molecule has 1 saturated carbocycles. The van der Waals surface area contributed by atoms with Crippen molar-refractivity contribution < 1.29 is 5.11 Å². The SMILES string of the molecule is OC(CCC1CCCCC1)Cc1ccc(Cl)c(Cl)c1. The van der Waals surface area contributed by atoms with E-state index in [1.807, 2.05) is 12.1 Å². The van der Waals surface area contributed by atoms with Crippen molar-refractivity contribution in [2.24, 2.45) is 5.92 Å². The van der Waals surface area contributed by atoms with E-state index in [-0.39, 0.29) is 6.10 Å². The lowest BCUT2D eigenvalue weighted by Gasteiger charge is -2.22. The van der Waals surface area contributed by atoms with Gasteiger partial charge in [-0.25, -0.2) is 0 Å². The first kappa shape index (κ1) is 15.2. The van der Waals surface area contributed by atoms with Crippen LogP contribution in [0.4, 0.5) is 0 Å². The van der Waals surface area contributed by atoms with Gasteiger partial charge >= 0.3 is 0 Å². The molecular formula is C16H22Cl2O. The first-order valence-corrected chi connectivity index (χ1v) is 8.02. The molecule has 0 aromatic heterocycles. The van der Waals surface area contributed by atoms with Crippen molar-refractivity contribution in [3.63, 3.8) is 0 Å². The van der Waals surface area contributed by atoms with Crippen LogP contribution in [0.2, 0.25) is 10.0 Å². The Morgan fingerprint density at radius 2 is 1.84 bits per heavy atom. The van der Waals surface area contributed by atoms with Crippen LogP contribution in [-0.2, 0) is 6.42 Å². The first-order chi connectivity index (χ1) is 9.15. The van der Waals surface area contributed by atoms with Crippen molar-refractivity contribution in [1.29, 1.82) is 0 Å². The number of benzene rings is 1. The van der Waals surface area contributed by atoms with Crippen LogP contribution in [0.3, 0.4) is 0 Å². The highest BCUT2D eigenvalue weighted by molar-refractivity contribution is 6.42. The van der Waals surface area contributed by atoms with Gasteiger partial charge in [0.2, 0.25) is 0 Å². The van der Waals surface area contributed by atoms with Crippen LogP contribution in [0.15, 0.2) is 18.2 Å². The molecule has 2 rings (SSSR count). The summed E-state index contributed by atoms with van der Waals surface area (Å²) in [7, 11) is 0. The second-order valence-electron chi connectivity index (χ2n) is 5.69. The lowest BCUT2D eigenvalue weighted by molar-refractivity contribution is 0.149. The van der Waals surface area contributed by atoms with Crippen molar-refractivity contribution >= 4 is 23.2 Å². The minimum atomic E-state index is -0.265. The van der Waals surface area contributed by atoms with Gasteiger partial charge in [-0.1, -0.05) is 61.4 Å². The molecule has 3 heteroatoms. The van der Waals surface area contributed by atoms with Crippen LogP contribution in [0.5, 0.6) is 0 Å². The molecule has 106 valence electrons. The Balaban J connectivity index is 1.76. The number of halogens is 2. The van der Waals surface area contributed by atoms with Crippen LogP contribution < -0.4 is 0 Å². The Bertz CT molecular complexity index is 400. The van der Waals surface area contributed by atoms with Crippen molar-refractivity contribution in [3.05, 3.63) is 33.8 Å². The van der Waals surface area contributed by atoms with E-state index in [0.29, 0.717) is 16.5 Å². The fourth-order valence-electron chi connectivity index (χ4n) is 2.94. The van der Waals surface area contributed by atoms with Gasteiger partial charge in [0.25, 0.3) is 0 Å². The second kappa shape index (κ2) is 7.52. The molecule has 0 saturated heterocycles. The molecule has 1 aliphatic rings. The molecule has 1 atom stereocenters. The fraction of sp³-hybridized carbons (Fsp3) is 0.625. The molecule has 0 amide bonds. The fourth-order valence-corrected chi connectivity index (χ4v) is 3.27. The molecule has 1 unspecified atom stereocenters. The summed E-state index contributed by atoms with van der Waals surface area (Å²) in [5.41, 5.74) is 1.06. The first-order valence-electron chi connectivity index (χ1n) is 7.27. The molecule has 0 radical (unpaired) electrons. The summed E-state index contributed by atoms with van der Waals surface area (Å²) < 4.78 is 0. The summed E-state index contributed by atoms with van der Waals surface area (Å²) >= 11 is 11.9. The minimum absolute atomic E-state index is 0.265. The topological polar surface area (TPSA) is 20.2 Å². The summed E-state index contributed by atoms with van der Waals surface area (Å²) in [5, 5.41) is 11.3. The summed E-state index contributed by atoms with van der Waals surface area (Å²) in [6.45, 7) is 0. The zero-order chi connectivity index (χ0) is 13.7. The maximum absolute atomic E-state index is 10.1. The predicted octanol–water partition coefficient (Wildman–Crippen LogP) is 5.26. The number of hydrogen-bond acceptors (Lipinski definition) is 1. The molecule has 19 heavy (non-hydrogen) atoms.